The molecule has 1 aromatic heterocycles. The third-order valence-electron chi connectivity index (χ3n) is 3.29. The maximum absolute atomic E-state index is 12.2. The minimum atomic E-state index is -0.267. The number of anilines is 1. The van der Waals surface area contributed by atoms with Gasteiger partial charge in [-0.05, 0) is 25.1 Å². The summed E-state index contributed by atoms with van der Waals surface area (Å²) in [6.45, 7) is 1.90. The third kappa shape index (κ3) is 3.52. The zero-order valence-corrected chi connectivity index (χ0v) is 13.2. The molecule has 0 unspecified atom stereocenters. The zero-order chi connectivity index (χ0) is 16.1. The molecule has 1 aromatic carbocycles. The van der Waals surface area contributed by atoms with Crippen LogP contribution in [-0.4, -0.2) is 37.3 Å². The molecule has 0 saturated heterocycles. The van der Waals surface area contributed by atoms with Gasteiger partial charge in [0.1, 0.15) is 5.75 Å². The van der Waals surface area contributed by atoms with Crippen molar-refractivity contribution in [3.63, 3.8) is 0 Å². The van der Waals surface area contributed by atoms with Crippen molar-refractivity contribution in [1.29, 1.82) is 0 Å². The standard InChI is InChI=1S/C16H20N4O2/c1-11(12-7-5-6-8-14(12)22-4)17-16(21)13-9-10-15(19-18-13)20(2)3/h5-11H,1-4H3,(H,17,21)/t11-/m0/s1. The van der Waals surface area contributed by atoms with E-state index in [4.69, 9.17) is 4.74 Å². The Labute approximate surface area is 130 Å². The van der Waals surface area contributed by atoms with Crippen LogP contribution in [-0.2, 0) is 0 Å². The zero-order valence-electron chi connectivity index (χ0n) is 13.2. The van der Waals surface area contributed by atoms with E-state index in [1.54, 1.807) is 19.2 Å². The van der Waals surface area contributed by atoms with Crippen LogP contribution in [0.5, 0.6) is 5.75 Å². The quantitative estimate of drug-likeness (QED) is 0.915. The molecule has 0 bridgehead atoms. The van der Waals surface area contributed by atoms with Crippen molar-refractivity contribution < 1.29 is 9.53 Å². The number of hydrogen-bond donors (Lipinski definition) is 1. The van der Waals surface area contributed by atoms with Crippen LogP contribution in [0.2, 0.25) is 0 Å². The second kappa shape index (κ2) is 6.89. The van der Waals surface area contributed by atoms with E-state index < -0.39 is 0 Å². The average molecular weight is 300 g/mol. The number of amides is 1. The van der Waals surface area contributed by atoms with Crippen LogP contribution in [0.4, 0.5) is 5.82 Å². The molecular formula is C16H20N4O2. The molecule has 0 aliphatic carbocycles. The van der Waals surface area contributed by atoms with Crippen LogP contribution in [0.15, 0.2) is 36.4 Å². The van der Waals surface area contributed by atoms with Crippen molar-refractivity contribution in [3.05, 3.63) is 47.7 Å². The van der Waals surface area contributed by atoms with Gasteiger partial charge in [0.05, 0.1) is 13.2 Å². The van der Waals surface area contributed by atoms with E-state index in [-0.39, 0.29) is 17.6 Å². The largest absolute Gasteiger partial charge is 0.496 e. The molecule has 0 saturated carbocycles. The SMILES string of the molecule is COc1ccccc1[C@H](C)NC(=O)c1ccc(N(C)C)nn1. The summed E-state index contributed by atoms with van der Waals surface area (Å²) in [7, 11) is 5.35. The Balaban J connectivity index is 2.11. The number of nitrogens with one attached hydrogen (secondary N) is 1. The highest BCUT2D eigenvalue weighted by Gasteiger charge is 2.16. The normalized spacial score (nSPS) is 11.6. The van der Waals surface area contributed by atoms with Crippen molar-refractivity contribution in [2.24, 2.45) is 0 Å². The first-order valence-electron chi connectivity index (χ1n) is 6.97. The highest BCUT2D eigenvalue weighted by molar-refractivity contribution is 5.92. The predicted molar refractivity (Wildman–Crippen MR) is 85.2 cm³/mol. The Hall–Kier alpha value is -2.63. The van der Waals surface area contributed by atoms with Crippen molar-refractivity contribution in [2.75, 3.05) is 26.1 Å². The second-order valence-corrected chi connectivity index (χ2v) is 5.11. The van der Waals surface area contributed by atoms with Crippen LogP contribution in [0, 0.1) is 0 Å². The number of carbonyl (C=O) groups excluding carboxylic acids is 1. The summed E-state index contributed by atoms with van der Waals surface area (Å²) in [6, 6.07) is 10.8. The van der Waals surface area contributed by atoms with Crippen molar-refractivity contribution in [1.82, 2.24) is 15.5 Å². The van der Waals surface area contributed by atoms with E-state index in [2.05, 4.69) is 15.5 Å². The number of benzene rings is 1. The number of para-hydroxylation sites is 1. The van der Waals surface area contributed by atoms with Gasteiger partial charge >= 0.3 is 0 Å². The van der Waals surface area contributed by atoms with Gasteiger partial charge < -0.3 is 15.0 Å². The molecular weight excluding hydrogens is 280 g/mol. The molecule has 0 aliphatic rings. The van der Waals surface area contributed by atoms with E-state index in [9.17, 15) is 4.79 Å². The van der Waals surface area contributed by atoms with Crippen molar-refractivity contribution >= 4 is 11.7 Å². The molecule has 1 heterocycles. The molecule has 1 atom stereocenters. The lowest BCUT2D eigenvalue weighted by Gasteiger charge is -2.17. The van der Waals surface area contributed by atoms with Crippen LogP contribution in [0.25, 0.3) is 0 Å². The lowest BCUT2D eigenvalue weighted by molar-refractivity contribution is 0.0933. The molecule has 6 nitrogen and oxygen atoms in total. The third-order valence-corrected chi connectivity index (χ3v) is 3.29. The number of ether oxygens (including phenoxy) is 1. The van der Waals surface area contributed by atoms with Crippen LogP contribution >= 0.6 is 0 Å². The van der Waals surface area contributed by atoms with Crippen LogP contribution in [0.1, 0.15) is 29.0 Å². The lowest BCUT2D eigenvalue weighted by Crippen LogP contribution is -2.28. The Morgan fingerprint density at radius 1 is 1.18 bits per heavy atom. The molecule has 2 aromatic rings. The summed E-state index contributed by atoms with van der Waals surface area (Å²) >= 11 is 0. The van der Waals surface area contributed by atoms with Crippen molar-refractivity contribution in [3.8, 4) is 5.75 Å². The molecule has 116 valence electrons. The van der Waals surface area contributed by atoms with E-state index in [1.165, 1.54) is 0 Å². The highest BCUT2D eigenvalue weighted by Crippen LogP contribution is 2.24. The van der Waals surface area contributed by atoms with Gasteiger partial charge in [-0.1, -0.05) is 18.2 Å². The van der Waals surface area contributed by atoms with Gasteiger partial charge in [-0.2, -0.15) is 0 Å². The molecule has 1 amide bonds. The number of methoxy groups -OCH3 is 1. The number of nitrogens with zero attached hydrogens (tertiary/aromatic N) is 3. The molecule has 6 heteroatoms. The fourth-order valence-electron chi connectivity index (χ4n) is 2.06. The summed E-state index contributed by atoms with van der Waals surface area (Å²) in [6.07, 6.45) is 0. The Bertz CT molecular complexity index is 641. The van der Waals surface area contributed by atoms with E-state index in [0.717, 1.165) is 11.3 Å². The molecule has 0 spiro atoms. The molecule has 0 fully saturated rings. The minimum absolute atomic E-state index is 0.195. The first kappa shape index (κ1) is 15.8. The highest BCUT2D eigenvalue weighted by atomic mass is 16.5. The van der Waals surface area contributed by atoms with Gasteiger partial charge in [0.15, 0.2) is 11.5 Å². The molecule has 0 aliphatic heterocycles. The maximum atomic E-state index is 12.2. The summed E-state index contributed by atoms with van der Waals surface area (Å²) in [5.74, 6) is 1.18. The Morgan fingerprint density at radius 3 is 2.50 bits per heavy atom. The first-order valence-corrected chi connectivity index (χ1v) is 6.97. The number of rotatable bonds is 5. The monoisotopic (exact) mass is 300 g/mol. The summed E-state index contributed by atoms with van der Waals surface area (Å²) in [4.78, 5) is 14.1. The van der Waals surface area contributed by atoms with Crippen LogP contribution in [0.3, 0.4) is 0 Å². The van der Waals surface area contributed by atoms with Gasteiger partial charge in [0, 0.05) is 19.7 Å². The molecule has 0 radical (unpaired) electrons. The number of hydrogen-bond acceptors (Lipinski definition) is 5. The summed E-state index contributed by atoms with van der Waals surface area (Å²) in [5, 5.41) is 10.9. The Morgan fingerprint density at radius 2 is 1.91 bits per heavy atom. The topological polar surface area (TPSA) is 67.3 Å². The fourth-order valence-corrected chi connectivity index (χ4v) is 2.06. The maximum Gasteiger partial charge on any atom is 0.272 e. The summed E-state index contributed by atoms with van der Waals surface area (Å²) < 4.78 is 5.31. The van der Waals surface area contributed by atoms with E-state index in [0.29, 0.717) is 5.82 Å². The van der Waals surface area contributed by atoms with E-state index >= 15 is 0 Å². The first-order chi connectivity index (χ1) is 10.5. The molecule has 1 N–H and O–H groups in total. The summed E-state index contributed by atoms with van der Waals surface area (Å²) in [5.41, 5.74) is 1.20. The smallest absolute Gasteiger partial charge is 0.272 e. The van der Waals surface area contributed by atoms with Gasteiger partial charge in [0.25, 0.3) is 5.91 Å². The lowest BCUT2D eigenvalue weighted by atomic mass is 10.1. The van der Waals surface area contributed by atoms with Crippen molar-refractivity contribution in [2.45, 2.75) is 13.0 Å². The van der Waals surface area contributed by atoms with Gasteiger partial charge in [-0.25, -0.2) is 0 Å². The number of aromatic nitrogens is 2. The average Bonchev–Trinajstić information content (AvgIpc) is 2.54. The Kier molecular flexibility index (Phi) is 4.93. The minimum Gasteiger partial charge on any atom is -0.496 e. The second-order valence-electron chi connectivity index (χ2n) is 5.11. The van der Waals surface area contributed by atoms with Gasteiger partial charge in [-0.15, -0.1) is 10.2 Å². The fraction of sp³-hybridized carbons (Fsp3) is 0.312. The van der Waals surface area contributed by atoms with Gasteiger partial charge in [0.2, 0.25) is 0 Å². The molecule has 2 rings (SSSR count). The van der Waals surface area contributed by atoms with Crippen LogP contribution < -0.4 is 15.0 Å². The predicted octanol–water partition coefficient (Wildman–Crippen LogP) is 2.04. The van der Waals surface area contributed by atoms with Gasteiger partial charge in [-0.3, -0.25) is 4.79 Å². The van der Waals surface area contributed by atoms with E-state index in [1.807, 2.05) is 50.2 Å². The molecule has 22 heavy (non-hydrogen) atoms. The number of carbonyl (C=O) groups is 1.